The van der Waals surface area contributed by atoms with Gasteiger partial charge in [0.15, 0.2) is 5.78 Å². The first-order chi connectivity index (χ1) is 14.0. The van der Waals surface area contributed by atoms with Crippen molar-refractivity contribution in [1.82, 2.24) is 0 Å². The lowest BCUT2D eigenvalue weighted by Gasteiger charge is -2.32. The van der Waals surface area contributed by atoms with E-state index in [1.807, 2.05) is 68.5 Å². The van der Waals surface area contributed by atoms with E-state index >= 15 is 0 Å². The van der Waals surface area contributed by atoms with Gasteiger partial charge < -0.3 is 0 Å². The fourth-order valence-corrected chi connectivity index (χ4v) is 4.97. The monoisotopic (exact) mass is 386 g/mol. The van der Waals surface area contributed by atoms with E-state index in [2.05, 4.69) is 0 Å². The molecule has 2 aliphatic carbocycles. The van der Waals surface area contributed by atoms with Gasteiger partial charge in [0.1, 0.15) is 0 Å². The van der Waals surface area contributed by atoms with Crippen LogP contribution in [0.15, 0.2) is 54.6 Å². The van der Waals surface area contributed by atoms with Crippen LogP contribution in [0, 0.1) is 24.7 Å². The van der Waals surface area contributed by atoms with Crippen LogP contribution in [-0.2, 0) is 16.0 Å². The van der Waals surface area contributed by atoms with Gasteiger partial charge in [-0.1, -0.05) is 61.5 Å². The second kappa shape index (κ2) is 7.90. The van der Waals surface area contributed by atoms with Gasteiger partial charge in [0.05, 0.1) is 0 Å². The number of Topliss-reactive ketones (excluding diaryl/α,β-unsaturated/α-hetero) is 3. The quantitative estimate of drug-likeness (QED) is 0.536. The highest BCUT2D eigenvalue weighted by molar-refractivity contribution is 6.55. The van der Waals surface area contributed by atoms with Gasteiger partial charge >= 0.3 is 0 Å². The summed E-state index contributed by atoms with van der Waals surface area (Å²) in [4.78, 5) is 38.9. The Morgan fingerprint density at radius 2 is 1.69 bits per heavy atom. The molecule has 4 rings (SSSR count). The van der Waals surface area contributed by atoms with Crippen LogP contribution in [0.5, 0.6) is 0 Å². The zero-order valence-corrected chi connectivity index (χ0v) is 17.0. The molecule has 3 atom stereocenters. The molecule has 0 N–H and O–H groups in total. The van der Waals surface area contributed by atoms with E-state index < -0.39 is 0 Å². The van der Waals surface area contributed by atoms with E-state index in [1.54, 1.807) is 0 Å². The van der Waals surface area contributed by atoms with Crippen LogP contribution in [0.25, 0.3) is 5.57 Å². The molecular weight excluding hydrogens is 360 g/mol. The Labute approximate surface area is 171 Å². The van der Waals surface area contributed by atoms with Gasteiger partial charge in [0.25, 0.3) is 0 Å². The number of ketones is 3. The Bertz CT molecular complexity index is 1000. The standard InChI is InChI=1S/C26H26O3/c1-16-7-6-10-18-11-14-22(23(16)18)26(29)25(28)21-13-12-20(15-17(21)2)24(27)19-8-4-3-5-9-19/h3-10,14,17,20-21H,11-13,15H2,1-2H3/t17-,20?,21?/m1/s1. The molecule has 29 heavy (non-hydrogen) atoms. The third-order valence-electron chi connectivity index (χ3n) is 6.56. The van der Waals surface area contributed by atoms with Crippen LogP contribution in [-0.4, -0.2) is 17.3 Å². The van der Waals surface area contributed by atoms with Gasteiger partial charge in [-0.05, 0) is 55.2 Å². The lowest BCUT2D eigenvalue weighted by Crippen LogP contribution is -2.35. The molecule has 0 radical (unpaired) electrons. The molecule has 0 aliphatic heterocycles. The third kappa shape index (κ3) is 3.62. The number of carbonyl (C=O) groups excluding carboxylic acids is 3. The van der Waals surface area contributed by atoms with Crippen LogP contribution >= 0.6 is 0 Å². The topological polar surface area (TPSA) is 51.2 Å². The van der Waals surface area contributed by atoms with Crippen molar-refractivity contribution in [2.24, 2.45) is 17.8 Å². The SMILES string of the molecule is Cc1cccc2c1C(C(=O)C(=O)C1CCC(C(=O)c3ccccc3)C[C@H]1C)=CC2. The number of allylic oxidation sites excluding steroid dienone is 2. The minimum absolute atomic E-state index is 0.0243. The number of benzene rings is 2. The Morgan fingerprint density at radius 3 is 2.41 bits per heavy atom. The molecule has 0 amide bonds. The van der Waals surface area contributed by atoms with Gasteiger partial charge in [0.2, 0.25) is 11.6 Å². The summed E-state index contributed by atoms with van der Waals surface area (Å²) in [6.45, 7) is 3.99. The molecule has 2 aromatic rings. The molecule has 1 saturated carbocycles. The molecule has 0 bridgehead atoms. The van der Waals surface area contributed by atoms with Crippen molar-refractivity contribution in [3.8, 4) is 0 Å². The van der Waals surface area contributed by atoms with E-state index in [0.29, 0.717) is 31.3 Å². The second-order valence-electron chi connectivity index (χ2n) is 8.45. The van der Waals surface area contributed by atoms with Crippen LogP contribution in [0.2, 0.25) is 0 Å². The first-order valence-corrected chi connectivity index (χ1v) is 10.4. The first kappa shape index (κ1) is 19.5. The highest BCUT2D eigenvalue weighted by Crippen LogP contribution is 2.38. The van der Waals surface area contributed by atoms with Crippen molar-refractivity contribution >= 4 is 22.9 Å². The van der Waals surface area contributed by atoms with Gasteiger partial charge in [-0.2, -0.15) is 0 Å². The predicted molar refractivity (Wildman–Crippen MR) is 114 cm³/mol. The van der Waals surface area contributed by atoms with Crippen LogP contribution < -0.4 is 0 Å². The Kier molecular flexibility index (Phi) is 5.31. The summed E-state index contributed by atoms with van der Waals surface area (Å²) < 4.78 is 0. The number of hydrogen-bond acceptors (Lipinski definition) is 3. The van der Waals surface area contributed by atoms with E-state index in [9.17, 15) is 14.4 Å². The maximum absolute atomic E-state index is 13.1. The molecule has 2 aliphatic rings. The maximum Gasteiger partial charge on any atom is 0.229 e. The van der Waals surface area contributed by atoms with Crippen molar-refractivity contribution in [3.63, 3.8) is 0 Å². The Balaban J connectivity index is 1.46. The van der Waals surface area contributed by atoms with E-state index in [-0.39, 0.29) is 35.1 Å². The Hall–Kier alpha value is -2.81. The molecule has 3 heteroatoms. The molecule has 0 spiro atoms. The van der Waals surface area contributed by atoms with E-state index in [4.69, 9.17) is 0 Å². The molecule has 2 aromatic carbocycles. The average molecular weight is 386 g/mol. The van der Waals surface area contributed by atoms with Crippen LogP contribution in [0.3, 0.4) is 0 Å². The van der Waals surface area contributed by atoms with Gasteiger partial charge in [-0.15, -0.1) is 0 Å². The number of fused-ring (bicyclic) bond motifs is 1. The highest BCUT2D eigenvalue weighted by Gasteiger charge is 2.39. The van der Waals surface area contributed by atoms with Gasteiger partial charge in [-0.3, -0.25) is 14.4 Å². The van der Waals surface area contributed by atoms with E-state index in [0.717, 1.165) is 22.3 Å². The molecule has 0 aromatic heterocycles. The fourth-order valence-electron chi connectivity index (χ4n) is 4.97. The zero-order chi connectivity index (χ0) is 20.5. The first-order valence-electron chi connectivity index (χ1n) is 10.4. The van der Waals surface area contributed by atoms with Gasteiger partial charge in [0, 0.05) is 23.0 Å². The van der Waals surface area contributed by atoms with Crippen LogP contribution in [0.4, 0.5) is 0 Å². The van der Waals surface area contributed by atoms with Crippen LogP contribution in [0.1, 0.15) is 53.2 Å². The minimum Gasteiger partial charge on any atom is -0.294 e. The Morgan fingerprint density at radius 1 is 0.931 bits per heavy atom. The summed E-state index contributed by atoms with van der Waals surface area (Å²) in [5, 5.41) is 0. The number of aryl methyl sites for hydroxylation is 1. The normalized spacial score (nSPS) is 23.2. The highest BCUT2D eigenvalue weighted by atomic mass is 16.2. The fraction of sp³-hybridized carbons (Fsp3) is 0.346. The minimum atomic E-state index is -0.359. The average Bonchev–Trinajstić information content (AvgIpc) is 3.18. The number of hydrogen-bond donors (Lipinski definition) is 0. The number of rotatable bonds is 5. The summed E-state index contributed by atoms with van der Waals surface area (Å²) in [5.41, 5.74) is 4.39. The predicted octanol–water partition coefficient (Wildman–Crippen LogP) is 5.01. The summed E-state index contributed by atoms with van der Waals surface area (Å²) in [6, 6.07) is 15.3. The molecule has 1 fully saturated rings. The second-order valence-corrected chi connectivity index (χ2v) is 8.45. The third-order valence-corrected chi connectivity index (χ3v) is 6.56. The molecular formula is C26H26O3. The summed E-state index contributed by atoms with van der Waals surface area (Å²) in [5.74, 6) is -0.835. The molecule has 148 valence electrons. The lowest BCUT2D eigenvalue weighted by molar-refractivity contribution is -0.137. The van der Waals surface area contributed by atoms with Crippen molar-refractivity contribution in [3.05, 3.63) is 76.9 Å². The smallest absolute Gasteiger partial charge is 0.229 e. The van der Waals surface area contributed by atoms with E-state index in [1.165, 1.54) is 0 Å². The summed E-state index contributed by atoms with van der Waals surface area (Å²) in [6.07, 6.45) is 4.53. The van der Waals surface area contributed by atoms with Crippen molar-refractivity contribution in [1.29, 1.82) is 0 Å². The molecule has 0 saturated heterocycles. The summed E-state index contributed by atoms with van der Waals surface area (Å²) >= 11 is 0. The van der Waals surface area contributed by atoms with Crippen molar-refractivity contribution in [2.45, 2.75) is 39.5 Å². The molecule has 2 unspecified atom stereocenters. The van der Waals surface area contributed by atoms with Crippen molar-refractivity contribution < 1.29 is 14.4 Å². The van der Waals surface area contributed by atoms with Gasteiger partial charge in [-0.25, -0.2) is 0 Å². The molecule has 3 nitrogen and oxygen atoms in total. The zero-order valence-electron chi connectivity index (χ0n) is 17.0. The summed E-state index contributed by atoms with van der Waals surface area (Å²) in [7, 11) is 0. The lowest BCUT2D eigenvalue weighted by atomic mass is 9.70. The largest absolute Gasteiger partial charge is 0.294 e. The molecule has 0 heterocycles. The maximum atomic E-state index is 13.1. The van der Waals surface area contributed by atoms with Crippen molar-refractivity contribution in [2.75, 3.05) is 0 Å². The number of carbonyl (C=O) groups is 3.